The van der Waals surface area contributed by atoms with Crippen LogP contribution in [0.15, 0.2) is 66.7 Å². The number of nitrogens with one attached hydrogen (secondary N) is 2. The minimum atomic E-state index is -4.50. The fourth-order valence-electron chi connectivity index (χ4n) is 2.62. The maximum absolute atomic E-state index is 12.7. The summed E-state index contributed by atoms with van der Waals surface area (Å²) < 4.78 is 43.5. The Morgan fingerprint density at radius 2 is 1.68 bits per heavy atom. The summed E-state index contributed by atoms with van der Waals surface area (Å²) in [4.78, 5) is 28.4. The van der Waals surface area contributed by atoms with Crippen molar-refractivity contribution < 1.29 is 27.5 Å². The van der Waals surface area contributed by atoms with Gasteiger partial charge in [0.05, 0.1) is 5.56 Å². The van der Waals surface area contributed by atoms with Gasteiger partial charge in [-0.3, -0.25) is 9.59 Å². The molecule has 31 heavy (non-hydrogen) atoms. The number of carbonyl (C=O) groups is 2. The average molecular weight is 429 g/mol. The molecular weight excluding hydrogens is 411 g/mol. The van der Waals surface area contributed by atoms with Crippen molar-refractivity contribution >= 4 is 23.3 Å². The number of carbonyl (C=O) groups excluding carboxylic acids is 2. The molecule has 1 aromatic heterocycles. The third-order valence-electron chi connectivity index (χ3n) is 4.09. The monoisotopic (exact) mass is 429 g/mol. The summed E-state index contributed by atoms with van der Waals surface area (Å²) in [6.07, 6.45) is -4.50. The lowest BCUT2D eigenvalue weighted by Crippen LogP contribution is -2.20. The summed E-state index contributed by atoms with van der Waals surface area (Å²) in [7, 11) is 0. The van der Waals surface area contributed by atoms with E-state index in [2.05, 4.69) is 15.6 Å². The predicted molar refractivity (Wildman–Crippen MR) is 109 cm³/mol. The topological polar surface area (TPSA) is 80.3 Å². The van der Waals surface area contributed by atoms with Crippen LogP contribution in [-0.2, 0) is 11.0 Å². The van der Waals surface area contributed by atoms with Crippen LogP contribution in [0.4, 0.5) is 24.7 Å². The first-order valence-electron chi connectivity index (χ1n) is 9.16. The minimum Gasteiger partial charge on any atom is -0.484 e. The van der Waals surface area contributed by atoms with Crippen molar-refractivity contribution in [3.05, 3.63) is 83.6 Å². The Kier molecular flexibility index (Phi) is 6.54. The molecule has 0 spiro atoms. The number of alkyl halides is 3. The van der Waals surface area contributed by atoms with E-state index in [1.807, 2.05) is 13.0 Å². The van der Waals surface area contributed by atoms with Gasteiger partial charge < -0.3 is 15.4 Å². The number of nitrogens with zero attached hydrogens (tertiary/aromatic N) is 1. The van der Waals surface area contributed by atoms with Crippen LogP contribution in [0.5, 0.6) is 5.75 Å². The molecule has 160 valence electrons. The van der Waals surface area contributed by atoms with Gasteiger partial charge in [-0.2, -0.15) is 13.2 Å². The molecule has 2 N–H and O–H groups in total. The zero-order chi connectivity index (χ0) is 22.4. The van der Waals surface area contributed by atoms with Crippen molar-refractivity contribution in [2.75, 3.05) is 17.2 Å². The number of benzene rings is 2. The quantitative estimate of drug-likeness (QED) is 0.596. The van der Waals surface area contributed by atoms with E-state index in [0.717, 1.165) is 17.8 Å². The molecule has 0 saturated heterocycles. The molecule has 0 radical (unpaired) electrons. The number of aryl methyl sites for hydroxylation is 1. The summed E-state index contributed by atoms with van der Waals surface area (Å²) in [6, 6.07) is 15.6. The van der Waals surface area contributed by atoms with Gasteiger partial charge in [-0.05, 0) is 61.5 Å². The maximum atomic E-state index is 12.7. The molecule has 2 aromatic carbocycles. The molecule has 3 rings (SSSR count). The van der Waals surface area contributed by atoms with E-state index in [1.54, 1.807) is 12.1 Å². The molecule has 3 aromatic rings. The summed E-state index contributed by atoms with van der Waals surface area (Å²) in [5.74, 6) is -0.223. The largest absolute Gasteiger partial charge is 0.484 e. The Hall–Kier alpha value is -3.88. The SMILES string of the molecule is Cc1cccc(NC(=O)c2ccc(OCC(=O)Nc3cccc(C(F)(F)F)c3)cc2)n1. The van der Waals surface area contributed by atoms with Gasteiger partial charge in [-0.25, -0.2) is 4.98 Å². The molecule has 1 heterocycles. The second-order valence-electron chi connectivity index (χ2n) is 6.56. The highest BCUT2D eigenvalue weighted by molar-refractivity contribution is 6.03. The van der Waals surface area contributed by atoms with Gasteiger partial charge in [0.1, 0.15) is 11.6 Å². The van der Waals surface area contributed by atoms with Gasteiger partial charge in [-0.15, -0.1) is 0 Å². The van der Waals surface area contributed by atoms with Crippen LogP contribution >= 0.6 is 0 Å². The molecule has 0 unspecified atom stereocenters. The van der Waals surface area contributed by atoms with Crippen molar-refractivity contribution in [3.8, 4) is 5.75 Å². The van der Waals surface area contributed by atoms with E-state index >= 15 is 0 Å². The lowest BCUT2D eigenvalue weighted by atomic mass is 10.2. The van der Waals surface area contributed by atoms with Crippen LogP contribution in [0, 0.1) is 6.92 Å². The predicted octanol–water partition coefficient (Wildman–Crippen LogP) is 4.68. The second kappa shape index (κ2) is 9.29. The molecule has 6 nitrogen and oxygen atoms in total. The van der Waals surface area contributed by atoms with Gasteiger partial charge in [0.25, 0.3) is 11.8 Å². The third-order valence-corrected chi connectivity index (χ3v) is 4.09. The van der Waals surface area contributed by atoms with Crippen molar-refractivity contribution in [1.29, 1.82) is 0 Å². The number of amides is 2. The summed E-state index contributed by atoms with van der Waals surface area (Å²) in [6.45, 7) is 1.40. The van der Waals surface area contributed by atoms with Crippen LogP contribution in [0.3, 0.4) is 0 Å². The Morgan fingerprint density at radius 3 is 2.35 bits per heavy atom. The number of hydrogen-bond donors (Lipinski definition) is 2. The fourth-order valence-corrected chi connectivity index (χ4v) is 2.62. The van der Waals surface area contributed by atoms with Crippen molar-refractivity contribution in [3.63, 3.8) is 0 Å². The summed E-state index contributed by atoms with van der Waals surface area (Å²) in [5.41, 5.74) is 0.287. The highest BCUT2D eigenvalue weighted by Crippen LogP contribution is 2.30. The second-order valence-corrected chi connectivity index (χ2v) is 6.56. The first kappa shape index (κ1) is 21.8. The van der Waals surface area contributed by atoms with Crippen LogP contribution in [0.2, 0.25) is 0 Å². The Bertz CT molecular complexity index is 1080. The Balaban J connectivity index is 1.53. The number of rotatable bonds is 6. The normalized spacial score (nSPS) is 11.0. The third kappa shape index (κ3) is 6.30. The smallest absolute Gasteiger partial charge is 0.416 e. The molecule has 0 saturated carbocycles. The molecule has 0 bridgehead atoms. The van der Waals surface area contributed by atoms with E-state index in [-0.39, 0.29) is 11.6 Å². The number of hydrogen-bond acceptors (Lipinski definition) is 4. The molecule has 9 heteroatoms. The first-order chi connectivity index (χ1) is 14.7. The zero-order valence-corrected chi connectivity index (χ0v) is 16.4. The first-order valence-corrected chi connectivity index (χ1v) is 9.16. The molecule has 0 aliphatic heterocycles. The molecule has 0 aliphatic carbocycles. The summed E-state index contributed by atoms with van der Waals surface area (Å²) >= 11 is 0. The molecule has 0 atom stereocenters. The number of pyridine rings is 1. The van der Waals surface area contributed by atoms with E-state index < -0.39 is 24.3 Å². The van der Waals surface area contributed by atoms with Crippen LogP contribution < -0.4 is 15.4 Å². The van der Waals surface area contributed by atoms with Gasteiger partial charge in [0.2, 0.25) is 0 Å². The van der Waals surface area contributed by atoms with Gasteiger partial charge >= 0.3 is 6.18 Å². The van der Waals surface area contributed by atoms with Crippen molar-refractivity contribution in [2.24, 2.45) is 0 Å². The standard InChI is InChI=1S/C22H18F3N3O3/c1-14-4-2-7-19(26-14)28-21(30)15-8-10-18(11-9-15)31-13-20(29)27-17-6-3-5-16(12-17)22(23,24)25/h2-12H,13H2,1H3,(H,27,29)(H,26,28,30). The van der Waals surface area contributed by atoms with Crippen molar-refractivity contribution in [1.82, 2.24) is 4.98 Å². The Morgan fingerprint density at radius 1 is 0.968 bits per heavy atom. The molecular formula is C22H18F3N3O3. The van der Waals surface area contributed by atoms with Crippen LogP contribution in [0.1, 0.15) is 21.6 Å². The number of halogens is 3. The molecule has 0 aliphatic rings. The Labute approximate surface area is 176 Å². The fraction of sp³-hybridized carbons (Fsp3) is 0.136. The van der Waals surface area contributed by atoms with E-state index in [1.165, 1.54) is 36.4 Å². The van der Waals surface area contributed by atoms with E-state index in [4.69, 9.17) is 4.74 Å². The van der Waals surface area contributed by atoms with Gasteiger partial charge in [0.15, 0.2) is 6.61 Å². The van der Waals surface area contributed by atoms with Crippen LogP contribution in [0.25, 0.3) is 0 Å². The van der Waals surface area contributed by atoms with Crippen molar-refractivity contribution in [2.45, 2.75) is 13.1 Å². The molecule has 0 fully saturated rings. The van der Waals surface area contributed by atoms with Crippen LogP contribution in [-0.4, -0.2) is 23.4 Å². The average Bonchev–Trinajstić information content (AvgIpc) is 2.72. The van der Waals surface area contributed by atoms with E-state index in [0.29, 0.717) is 17.1 Å². The lowest BCUT2D eigenvalue weighted by molar-refractivity contribution is -0.137. The molecule has 2 amide bonds. The number of aromatic nitrogens is 1. The van der Waals surface area contributed by atoms with E-state index in [9.17, 15) is 22.8 Å². The number of anilines is 2. The lowest BCUT2D eigenvalue weighted by Gasteiger charge is -2.11. The minimum absolute atomic E-state index is 0.0141. The maximum Gasteiger partial charge on any atom is 0.416 e. The number of ether oxygens (including phenoxy) is 1. The summed E-state index contributed by atoms with van der Waals surface area (Å²) in [5, 5.41) is 5.03. The highest BCUT2D eigenvalue weighted by Gasteiger charge is 2.30. The van der Waals surface area contributed by atoms with Gasteiger partial charge in [-0.1, -0.05) is 12.1 Å². The highest BCUT2D eigenvalue weighted by atomic mass is 19.4. The zero-order valence-electron chi connectivity index (χ0n) is 16.4. The van der Waals surface area contributed by atoms with Gasteiger partial charge in [0, 0.05) is 16.9 Å².